The van der Waals surface area contributed by atoms with E-state index in [0.29, 0.717) is 35.5 Å². The molecule has 0 saturated carbocycles. The zero-order valence-corrected chi connectivity index (χ0v) is 14.5. The zero-order chi connectivity index (χ0) is 18.8. The molecule has 0 bridgehead atoms. The minimum absolute atomic E-state index is 0.156. The number of nitrogens with two attached hydrogens (primary N) is 1. The van der Waals surface area contributed by atoms with Crippen molar-refractivity contribution in [1.82, 2.24) is 10.3 Å². The second-order valence-corrected chi connectivity index (χ2v) is 6.32. The van der Waals surface area contributed by atoms with Crippen LogP contribution in [0.2, 0.25) is 0 Å². The van der Waals surface area contributed by atoms with Crippen molar-refractivity contribution >= 4 is 23.2 Å². The molecule has 3 aromatic rings. The third kappa shape index (κ3) is 3.37. The van der Waals surface area contributed by atoms with Crippen molar-refractivity contribution < 1.29 is 9.59 Å². The van der Waals surface area contributed by atoms with E-state index in [0.717, 1.165) is 17.0 Å². The zero-order valence-electron chi connectivity index (χ0n) is 14.5. The second-order valence-electron chi connectivity index (χ2n) is 6.32. The SMILES string of the molecule is NC(=O)c1cccc(Nc2cc(-c3ccccc3)nc3c2C(=O)NCC3)c1. The molecule has 0 spiro atoms. The summed E-state index contributed by atoms with van der Waals surface area (Å²) in [6, 6.07) is 18.6. The third-order valence-corrected chi connectivity index (χ3v) is 4.46. The van der Waals surface area contributed by atoms with Gasteiger partial charge in [-0.15, -0.1) is 0 Å². The van der Waals surface area contributed by atoms with Gasteiger partial charge in [-0.2, -0.15) is 0 Å². The number of amides is 2. The maximum Gasteiger partial charge on any atom is 0.255 e. The molecule has 0 atom stereocenters. The van der Waals surface area contributed by atoms with Crippen molar-refractivity contribution in [1.29, 1.82) is 0 Å². The van der Waals surface area contributed by atoms with Gasteiger partial charge in [-0.1, -0.05) is 36.4 Å². The Morgan fingerprint density at radius 3 is 2.67 bits per heavy atom. The van der Waals surface area contributed by atoms with Gasteiger partial charge in [0.2, 0.25) is 5.91 Å². The van der Waals surface area contributed by atoms with Crippen LogP contribution in [0.15, 0.2) is 60.7 Å². The molecule has 6 heteroatoms. The Hall–Kier alpha value is -3.67. The van der Waals surface area contributed by atoms with Gasteiger partial charge < -0.3 is 16.4 Å². The molecule has 2 aromatic carbocycles. The van der Waals surface area contributed by atoms with E-state index in [1.165, 1.54) is 0 Å². The van der Waals surface area contributed by atoms with Crippen LogP contribution in [0.5, 0.6) is 0 Å². The Morgan fingerprint density at radius 2 is 1.89 bits per heavy atom. The van der Waals surface area contributed by atoms with Crippen LogP contribution in [-0.4, -0.2) is 23.3 Å². The highest BCUT2D eigenvalue weighted by Gasteiger charge is 2.23. The van der Waals surface area contributed by atoms with E-state index in [9.17, 15) is 9.59 Å². The number of nitrogens with zero attached hydrogens (tertiary/aromatic N) is 1. The van der Waals surface area contributed by atoms with Crippen molar-refractivity contribution in [3.63, 3.8) is 0 Å². The number of fused-ring (bicyclic) bond motifs is 1. The summed E-state index contributed by atoms with van der Waals surface area (Å²) in [5.41, 5.74) is 10.1. The lowest BCUT2D eigenvalue weighted by molar-refractivity contribution is 0.0944. The minimum atomic E-state index is -0.502. The van der Waals surface area contributed by atoms with Crippen LogP contribution >= 0.6 is 0 Å². The average Bonchev–Trinajstić information content (AvgIpc) is 2.68. The van der Waals surface area contributed by atoms with Gasteiger partial charge >= 0.3 is 0 Å². The van der Waals surface area contributed by atoms with E-state index >= 15 is 0 Å². The van der Waals surface area contributed by atoms with Gasteiger partial charge in [-0.05, 0) is 24.3 Å². The second kappa shape index (κ2) is 6.92. The number of benzene rings is 2. The Bertz CT molecular complexity index is 1030. The highest BCUT2D eigenvalue weighted by molar-refractivity contribution is 6.03. The molecule has 0 radical (unpaired) electrons. The predicted octanol–water partition coefficient (Wildman–Crippen LogP) is 2.88. The molecule has 4 N–H and O–H groups in total. The summed E-state index contributed by atoms with van der Waals surface area (Å²) in [4.78, 5) is 28.6. The van der Waals surface area contributed by atoms with Gasteiger partial charge in [-0.3, -0.25) is 14.6 Å². The smallest absolute Gasteiger partial charge is 0.255 e. The normalized spacial score (nSPS) is 12.8. The van der Waals surface area contributed by atoms with E-state index in [1.54, 1.807) is 18.2 Å². The van der Waals surface area contributed by atoms with Crippen molar-refractivity contribution in [2.45, 2.75) is 6.42 Å². The number of anilines is 2. The van der Waals surface area contributed by atoms with Crippen LogP contribution < -0.4 is 16.4 Å². The standard InChI is InChI=1S/C21H18N4O2/c22-20(26)14-7-4-8-15(11-14)24-18-12-17(13-5-2-1-3-6-13)25-16-9-10-23-21(27)19(16)18/h1-8,11-12H,9-10H2,(H2,22,26)(H,23,27)(H,24,25). The molecule has 2 amide bonds. The third-order valence-electron chi connectivity index (χ3n) is 4.46. The van der Waals surface area contributed by atoms with E-state index < -0.39 is 5.91 Å². The molecule has 0 aliphatic carbocycles. The van der Waals surface area contributed by atoms with Gasteiger partial charge in [0.15, 0.2) is 0 Å². The molecule has 4 rings (SSSR count). The Morgan fingerprint density at radius 1 is 1.07 bits per heavy atom. The fourth-order valence-corrected chi connectivity index (χ4v) is 3.18. The van der Waals surface area contributed by atoms with Gasteiger partial charge in [0.25, 0.3) is 5.91 Å². The minimum Gasteiger partial charge on any atom is -0.366 e. The summed E-state index contributed by atoms with van der Waals surface area (Å²) in [5.74, 6) is -0.657. The lowest BCUT2D eigenvalue weighted by Crippen LogP contribution is -2.33. The van der Waals surface area contributed by atoms with E-state index in [2.05, 4.69) is 10.6 Å². The molecule has 0 fully saturated rings. The summed E-state index contributed by atoms with van der Waals surface area (Å²) in [6.45, 7) is 0.563. The highest BCUT2D eigenvalue weighted by Crippen LogP contribution is 2.30. The molecule has 2 heterocycles. The van der Waals surface area contributed by atoms with Crippen molar-refractivity contribution in [3.05, 3.63) is 77.5 Å². The first-order valence-corrected chi connectivity index (χ1v) is 8.66. The lowest BCUT2D eigenvalue weighted by Gasteiger charge is -2.21. The van der Waals surface area contributed by atoms with Crippen LogP contribution in [0, 0.1) is 0 Å². The lowest BCUT2D eigenvalue weighted by atomic mass is 10.0. The molecule has 1 aliphatic rings. The quantitative estimate of drug-likeness (QED) is 0.668. The topological polar surface area (TPSA) is 97.1 Å². The van der Waals surface area contributed by atoms with Gasteiger partial charge in [0.1, 0.15) is 0 Å². The number of primary amides is 1. The molecule has 1 aromatic heterocycles. The van der Waals surface area contributed by atoms with Crippen LogP contribution in [0.25, 0.3) is 11.3 Å². The van der Waals surface area contributed by atoms with E-state index in [1.807, 2.05) is 42.5 Å². The van der Waals surface area contributed by atoms with Crippen molar-refractivity contribution in [2.24, 2.45) is 5.73 Å². The van der Waals surface area contributed by atoms with Gasteiger partial charge in [0.05, 0.1) is 22.6 Å². The fraction of sp³-hybridized carbons (Fsp3) is 0.0952. The Labute approximate surface area is 156 Å². The number of nitrogens with one attached hydrogen (secondary N) is 2. The molecular weight excluding hydrogens is 340 g/mol. The highest BCUT2D eigenvalue weighted by atomic mass is 16.2. The predicted molar refractivity (Wildman–Crippen MR) is 104 cm³/mol. The number of aromatic nitrogens is 1. The van der Waals surface area contributed by atoms with Crippen LogP contribution in [0.3, 0.4) is 0 Å². The summed E-state index contributed by atoms with van der Waals surface area (Å²) in [6.07, 6.45) is 0.664. The van der Waals surface area contributed by atoms with Crippen molar-refractivity contribution in [3.8, 4) is 11.3 Å². The molecule has 0 saturated heterocycles. The Kier molecular flexibility index (Phi) is 4.30. The Balaban J connectivity index is 1.82. The first-order valence-electron chi connectivity index (χ1n) is 8.66. The van der Waals surface area contributed by atoms with Gasteiger partial charge in [-0.25, -0.2) is 0 Å². The maximum absolute atomic E-state index is 12.5. The summed E-state index contributed by atoms with van der Waals surface area (Å²) in [5, 5.41) is 6.12. The van der Waals surface area contributed by atoms with E-state index in [4.69, 9.17) is 10.7 Å². The fourth-order valence-electron chi connectivity index (χ4n) is 3.18. The number of carbonyl (C=O) groups excluding carboxylic acids is 2. The monoisotopic (exact) mass is 358 g/mol. The van der Waals surface area contributed by atoms with Gasteiger partial charge in [0, 0.05) is 29.8 Å². The van der Waals surface area contributed by atoms with Crippen LogP contribution in [0.4, 0.5) is 11.4 Å². The summed E-state index contributed by atoms with van der Waals surface area (Å²) in [7, 11) is 0. The molecule has 134 valence electrons. The number of hydrogen-bond donors (Lipinski definition) is 3. The van der Waals surface area contributed by atoms with Crippen LogP contribution in [0.1, 0.15) is 26.4 Å². The number of rotatable bonds is 4. The van der Waals surface area contributed by atoms with E-state index in [-0.39, 0.29) is 5.91 Å². The number of hydrogen-bond acceptors (Lipinski definition) is 4. The first-order chi connectivity index (χ1) is 13.1. The number of carbonyl (C=O) groups is 2. The van der Waals surface area contributed by atoms with Crippen molar-refractivity contribution in [2.75, 3.05) is 11.9 Å². The molecular formula is C21H18N4O2. The summed E-state index contributed by atoms with van der Waals surface area (Å²) >= 11 is 0. The summed E-state index contributed by atoms with van der Waals surface area (Å²) < 4.78 is 0. The largest absolute Gasteiger partial charge is 0.366 e. The number of pyridine rings is 1. The first kappa shape index (κ1) is 16.8. The molecule has 6 nitrogen and oxygen atoms in total. The van der Waals surface area contributed by atoms with Crippen LogP contribution in [-0.2, 0) is 6.42 Å². The molecule has 27 heavy (non-hydrogen) atoms. The maximum atomic E-state index is 12.5. The average molecular weight is 358 g/mol. The molecule has 1 aliphatic heterocycles. The molecule has 0 unspecified atom stereocenters.